The number of sulfone groups is 1. The molecular weight excluding hydrogens is 456 g/mol. The van der Waals surface area contributed by atoms with Crippen molar-refractivity contribution in [3.63, 3.8) is 0 Å². The number of fused-ring (bicyclic) bond motifs is 1. The zero-order chi connectivity index (χ0) is 23.7. The van der Waals surface area contributed by atoms with Gasteiger partial charge < -0.3 is 14.8 Å². The maximum atomic E-state index is 12.9. The SMILES string of the molecule is C[C@@H](NC(=O)[C@H](C)N(c1ccc2c(c1)OCCO2)S(C)(=O)=O)c1ccc(S(C)(=O)=O)cc1. The number of amides is 1. The van der Waals surface area contributed by atoms with Crippen LogP contribution in [0.1, 0.15) is 25.5 Å². The van der Waals surface area contributed by atoms with Crippen LogP contribution in [0.3, 0.4) is 0 Å². The number of sulfonamides is 1. The van der Waals surface area contributed by atoms with E-state index in [1.807, 2.05) is 0 Å². The van der Waals surface area contributed by atoms with Crippen molar-refractivity contribution in [3.8, 4) is 11.5 Å². The van der Waals surface area contributed by atoms with Crippen molar-refractivity contribution in [3.05, 3.63) is 48.0 Å². The molecule has 2 aromatic rings. The summed E-state index contributed by atoms with van der Waals surface area (Å²) in [6.07, 6.45) is 2.15. The van der Waals surface area contributed by atoms with Crippen LogP contribution in [0.5, 0.6) is 11.5 Å². The first-order valence-corrected chi connectivity index (χ1v) is 13.6. The van der Waals surface area contributed by atoms with Gasteiger partial charge in [0.25, 0.3) is 0 Å². The van der Waals surface area contributed by atoms with Gasteiger partial charge in [-0.1, -0.05) is 12.1 Å². The minimum absolute atomic E-state index is 0.176. The first-order valence-electron chi connectivity index (χ1n) is 9.87. The molecule has 1 aliphatic rings. The molecule has 0 spiro atoms. The van der Waals surface area contributed by atoms with Crippen LogP contribution < -0.4 is 19.1 Å². The predicted octanol–water partition coefficient (Wildman–Crippen LogP) is 1.89. The van der Waals surface area contributed by atoms with Gasteiger partial charge in [0.1, 0.15) is 19.3 Å². The Morgan fingerprint density at radius 3 is 2.09 bits per heavy atom. The summed E-state index contributed by atoms with van der Waals surface area (Å²) in [5.74, 6) is 0.413. The van der Waals surface area contributed by atoms with Crippen molar-refractivity contribution < 1.29 is 31.1 Å². The average Bonchev–Trinajstić information content (AvgIpc) is 2.72. The second-order valence-corrected chi connectivity index (χ2v) is 11.5. The quantitative estimate of drug-likeness (QED) is 0.640. The van der Waals surface area contributed by atoms with Crippen molar-refractivity contribution in [2.45, 2.75) is 30.8 Å². The molecule has 0 bridgehead atoms. The summed E-state index contributed by atoms with van der Waals surface area (Å²) in [5, 5.41) is 2.79. The molecule has 1 N–H and O–H groups in total. The van der Waals surface area contributed by atoms with Crippen molar-refractivity contribution in [2.75, 3.05) is 30.0 Å². The van der Waals surface area contributed by atoms with Crippen LogP contribution in [0.15, 0.2) is 47.4 Å². The topological polar surface area (TPSA) is 119 Å². The number of nitrogens with zero attached hydrogens (tertiary/aromatic N) is 1. The maximum absolute atomic E-state index is 12.9. The maximum Gasteiger partial charge on any atom is 0.244 e. The zero-order valence-electron chi connectivity index (χ0n) is 18.2. The lowest BCUT2D eigenvalue weighted by Gasteiger charge is -2.30. The van der Waals surface area contributed by atoms with Crippen LogP contribution in [0, 0.1) is 0 Å². The third-order valence-electron chi connectivity index (χ3n) is 5.04. The van der Waals surface area contributed by atoms with Crippen LogP contribution in [0.2, 0.25) is 0 Å². The van der Waals surface area contributed by atoms with Crippen LogP contribution in [-0.2, 0) is 24.7 Å². The highest BCUT2D eigenvalue weighted by Gasteiger charge is 2.31. The van der Waals surface area contributed by atoms with E-state index in [1.165, 1.54) is 25.1 Å². The molecule has 32 heavy (non-hydrogen) atoms. The molecule has 1 amide bonds. The summed E-state index contributed by atoms with van der Waals surface area (Å²) in [6, 6.07) is 9.34. The molecule has 174 valence electrons. The number of ether oxygens (including phenoxy) is 2. The van der Waals surface area contributed by atoms with Gasteiger partial charge in [0, 0.05) is 12.3 Å². The molecule has 1 heterocycles. The summed E-state index contributed by atoms with van der Waals surface area (Å²) in [5.41, 5.74) is 0.966. The Balaban J connectivity index is 1.81. The summed E-state index contributed by atoms with van der Waals surface area (Å²) < 4.78 is 60.4. The molecule has 3 rings (SSSR count). The first-order chi connectivity index (χ1) is 14.9. The van der Waals surface area contributed by atoms with E-state index >= 15 is 0 Å². The van der Waals surface area contributed by atoms with Gasteiger partial charge in [-0.3, -0.25) is 9.10 Å². The van der Waals surface area contributed by atoms with Gasteiger partial charge >= 0.3 is 0 Å². The molecule has 0 saturated carbocycles. The number of hydrogen-bond acceptors (Lipinski definition) is 7. The van der Waals surface area contributed by atoms with Crippen LogP contribution in [0.25, 0.3) is 0 Å². The van der Waals surface area contributed by atoms with E-state index in [9.17, 15) is 21.6 Å². The lowest BCUT2D eigenvalue weighted by molar-refractivity contribution is -0.122. The third kappa shape index (κ3) is 5.33. The van der Waals surface area contributed by atoms with Crippen LogP contribution >= 0.6 is 0 Å². The molecule has 9 nitrogen and oxygen atoms in total. The minimum atomic E-state index is -3.80. The Bertz CT molecular complexity index is 1210. The molecule has 11 heteroatoms. The molecule has 2 aromatic carbocycles. The van der Waals surface area contributed by atoms with E-state index in [4.69, 9.17) is 9.47 Å². The number of rotatable bonds is 7. The highest BCUT2D eigenvalue weighted by Crippen LogP contribution is 2.35. The van der Waals surface area contributed by atoms with E-state index in [2.05, 4.69) is 5.32 Å². The number of benzene rings is 2. The number of carbonyl (C=O) groups excluding carboxylic acids is 1. The fourth-order valence-corrected chi connectivity index (χ4v) is 5.20. The second kappa shape index (κ2) is 8.99. The Morgan fingerprint density at radius 2 is 1.53 bits per heavy atom. The van der Waals surface area contributed by atoms with E-state index < -0.39 is 37.9 Å². The minimum Gasteiger partial charge on any atom is -0.486 e. The molecule has 1 aliphatic heterocycles. The van der Waals surface area contributed by atoms with Gasteiger partial charge in [0.05, 0.1) is 22.9 Å². The lowest BCUT2D eigenvalue weighted by Crippen LogP contribution is -2.48. The van der Waals surface area contributed by atoms with Crippen molar-refractivity contribution >= 4 is 31.5 Å². The van der Waals surface area contributed by atoms with Gasteiger partial charge in [-0.25, -0.2) is 16.8 Å². The predicted molar refractivity (Wildman–Crippen MR) is 120 cm³/mol. The van der Waals surface area contributed by atoms with Gasteiger partial charge in [0.15, 0.2) is 21.3 Å². The first kappa shape index (κ1) is 23.9. The summed E-state index contributed by atoms with van der Waals surface area (Å²) in [6.45, 7) is 3.98. The van der Waals surface area contributed by atoms with Crippen molar-refractivity contribution in [2.24, 2.45) is 0 Å². The third-order valence-corrected chi connectivity index (χ3v) is 7.41. The van der Waals surface area contributed by atoms with Gasteiger partial charge in [-0.05, 0) is 43.7 Å². The summed E-state index contributed by atoms with van der Waals surface area (Å²) in [4.78, 5) is 13.1. The zero-order valence-corrected chi connectivity index (χ0v) is 19.9. The largest absolute Gasteiger partial charge is 0.486 e. The van der Waals surface area contributed by atoms with E-state index in [0.29, 0.717) is 30.3 Å². The summed E-state index contributed by atoms with van der Waals surface area (Å²) >= 11 is 0. The molecule has 0 aromatic heterocycles. The van der Waals surface area contributed by atoms with Crippen molar-refractivity contribution in [1.82, 2.24) is 5.32 Å². The van der Waals surface area contributed by atoms with E-state index in [-0.39, 0.29) is 10.6 Å². The van der Waals surface area contributed by atoms with E-state index in [1.54, 1.807) is 31.2 Å². The fraction of sp³-hybridized carbons (Fsp3) is 0.381. The molecule has 0 aliphatic carbocycles. The summed E-state index contributed by atoms with van der Waals surface area (Å²) in [7, 11) is -7.13. The molecule has 0 saturated heterocycles. The standard InChI is InChI=1S/C21H26N2O7S2/c1-14(16-5-8-18(9-6-16)31(3,25)26)22-21(24)15(2)23(32(4,27)28)17-7-10-19-20(13-17)30-12-11-29-19/h5-10,13-15H,11-12H2,1-4H3,(H,22,24)/t14-,15+/m1/s1. The lowest BCUT2D eigenvalue weighted by atomic mass is 10.1. The molecule has 0 radical (unpaired) electrons. The number of hydrogen-bond donors (Lipinski definition) is 1. The van der Waals surface area contributed by atoms with Crippen LogP contribution in [0.4, 0.5) is 5.69 Å². The molecule has 0 unspecified atom stereocenters. The van der Waals surface area contributed by atoms with E-state index in [0.717, 1.165) is 16.8 Å². The smallest absolute Gasteiger partial charge is 0.244 e. The Hall–Kier alpha value is -2.79. The Labute approximate surface area is 188 Å². The monoisotopic (exact) mass is 482 g/mol. The highest BCUT2D eigenvalue weighted by molar-refractivity contribution is 7.92. The normalized spacial score (nSPS) is 15.5. The average molecular weight is 483 g/mol. The van der Waals surface area contributed by atoms with Crippen molar-refractivity contribution in [1.29, 1.82) is 0 Å². The Kier molecular flexibility index (Phi) is 6.70. The Morgan fingerprint density at radius 1 is 0.938 bits per heavy atom. The second-order valence-electron chi connectivity index (χ2n) is 7.63. The van der Waals surface area contributed by atoms with Gasteiger partial charge in [0.2, 0.25) is 15.9 Å². The molecular formula is C21H26N2O7S2. The fourth-order valence-electron chi connectivity index (χ4n) is 3.40. The van der Waals surface area contributed by atoms with Gasteiger partial charge in [-0.2, -0.15) is 0 Å². The highest BCUT2D eigenvalue weighted by atomic mass is 32.2. The number of nitrogens with one attached hydrogen (secondary N) is 1. The number of carbonyl (C=O) groups is 1. The van der Waals surface area contributed by atoms with Crippen LogP contribution in [-0.4, -0.2) is 54.5 Å². The molecule has 2 atom stereocenters. The number of anilines is 1. The molecule has 0 fully saturated rings. The van der Waals surface area contributed by atoms with Gasteiger partial charge in [-0.15, -0.1) is 0 Å².